The molecule has 0 aromatic heterocycles. The van der Waals surface area contributed by atoms with Crippen molar-refractivity contribution in [2.45, 2.75) is 12.5 Å². The molecule has 2 aromatic rings. The van der Waals surface area contributed by atoms with Crippen LogP contribution in [0.3, 0.4) is 0 Å². The van der Waals surface area contributed by atoms with Crippen LogP contribution in [0.4, 0.5) is 10.1 Å². The number of hydrogen-bond acceptors (Lipinski definition) is 3. The maximum Gasteiger partial charge on any atom is 0.142 e. The number of nitrogen functional groups attached to an aromatic ring is 1. The number of anilines is 1. The van der Waals surface area contributed by atoms with Crippen molar-refractivity contribution in [1.29, 1.82) is 0 Å². The van der Waals surface area contributed by atoms with E-state index in [2.05, 4.69) is 0 Å². The first kappa shape index (κ1) is 14.6. The van der Waals surface area contributed by atoms with E-state index in [-0.39, 0.29) is 11.4 Å². The van der Waals surface area contributed by atoms with Gasteiger partial charge >= 0.3 is 0 Å². The van der Waals surface area contributed by atoms with Gasteiger partial charge in [0.1, 0.15) is 11.6 Å². The molecule has 1 unspecified atom stereocenters. The topological polar surface area (TPSA) is 55.5 Å². The molecule has 3 nitrogen and oxygen atoms in total. The first-order valence-electron chi connectivity index (χ1n) is 6.08. The average Bonchev–Trinajstić information content (AvgIpc) is 2.44. The second-order valence-electron chi connectivity index (χ2n) is 4.40. The molecule has 20 heavy (non-hydrogen) atoms. The number of methoxy groups -OCH3 is 1. The lowest BCUT2D eigenvalue weighted by atomic mass is 9.99. The Balaban J connectivity index is 2.28. The minimum atomic E-state index is -0.885. The van der Waals surface area contributed by atoms with Crippen LogP contribution in [0.2, 0.25) is 5.02 Å². The maximum atomic E-state index is 13.4. The Morgan fingerprint density at radius 2 is 2.00 bits per heavy atom. The number of nitrogens with two attached hydrogens (primary N) is 1. The minimum Gasteiger partial charge on any atom is -0.495 e. The molecule has 0 spiro atoms. The summed E-state index contributed by atoms with van der Waals surface area (Å²) in [5, 5.41) is 10.3. The summed E-state index contributed by atoms with van der Waals surface area (Å²) in [6.07, 6.45) is -0.710. The molecular weight excluding hydrogens is 281 g/mol. The molecule has 0 amide bonds. The number of halogens is 2. The van der Waals surface area contributed by atoms with Crippen LogP contribution >= 0.6 is 11.6 Å². The van der Waals surface area contributed by atoms with E-state index in [9.17, 15) is 9.50 Å². The van der Waals surface area contributed by atoms with Crippen molar-refractivity contribution < 1.29 is 14.2 Å². The first-order valence-corrected chi connectivity index (χ1v) is 6.45. The lowest BCUT2D eigenvalue weighted by Gasteiger charge is -2.16. The van der Waals surface area contributed by atoms with Gasteiger partial charge in [-0.3, -0.25) is 0 Å². The van der Waals surface area contributed by atoms with E-state index >= 15 is 0 Å². The van der Waals surface area contributed by atoms with Crippen molar-refractivity contribution in [2.24, 2.45) is 0 Å². The van der Waals surface area contributed by atoms with Crippen molar-refractivity contribution in [3.8, 4) is 5.75 Å². The monoisotopic (exact) mass is 295 g/mol. The molecule has 0 saturated carbocycles. The van der Waals surface area contributed by atoms with Crippen molar-refractivity contribution in [2.75, 3.05) is 12.8 Å². The maximum absolute atomic E-state index is 13.4. The fraction of sp³-hybridized carbons (Fsp3) is 0.200. The van der Waals surface area contributed by atoms with Crippen molar-refractivity contribution in [3.63, 3.8) is 0 Å². The second-order valence-corrected chi connectivity index (χ2v) is 4.77. The van der Waals surface area contributed by atoms with Gasteiger partial charge < -0.3 is 15.6 Å². The molecule has 0 aliphatic heterocycles. The third-order valence-corrected chi connectivity index (χ3v) is 3.55. The van der Waals surface area contributed by atoms with E-state index in [1.54, 1.807) is 30.3 Å². The number of hydrogen-bond donors (Lipinski definition) is 2. The van der Waals surface area contributed by atoms with Gasteiger partial charge in [-0.05, 0) is 17.7 Å². The van der Waals surface area contributed by atoms with Gasteiger partial charge in [-0.1, -0.05) is 35.9 Å². The summed E-state index contributed by atoms with van der Waals surface area (Å²) in [5.41, 5.74) is 7.36. The SMILES string of the molecule is COc1cccc(C(O)Cc2cccc(F)c2Cl)c1N. The fourth-order valence-corrected chi connectivity index (χ4v) is 2.26. The summed E-state index contributed by atoms with van der Waals surface area (Å²) in [6, 6.07) is 9.65. The Kier molecular flexibility index (Phi) is 4.47. The smallest absolute Gasteiger partial charge is 0.142 e. The summed E-state index contributed by atoms with van der Waals surface area (Å²) in [7, 11) is 1.51. The molecule has 5 heteroatoms. The van der Waals surface area contributed by atoms with E-state index in [4.69, 9.17) is 22.1 Å². The number of ether oxygens (including phenoxy) is 1. The lowest BCUT2D eigenvalue weighted by Crippen LogP contribution is -2.07. The van der Waals surface area contributed by atoms with E-state index in [1.165, 1.54) is 13.2 Å². The van der Waals surface area contributed by atoms with Crippen molar-refractivity contribution in [3.05, 3.63) is 58.4 Å². The van der Waals surface area contributed by atoms with Crippen LogP contribution in [0.15, 0.2) is 36.4 Å². The van der Waals surface area contributed by atoms with Gasteiger partial charge in [-0.2, -0.15) is 0 Å². The van der Waals surface area contributed by atoms with E-state index in [0.717, 1.165) is 0 Å². The van der Waals surface area contributed by atoms with Gasteiger partial charge in [0, 0.05) is 12.0 Å². The summed E-state index contributed by atoms with van der Waals surface area (Å²) in [4.78, 5) is 0. The largest absolute Gasteiger partial charge is 0.495 e. The zero-order valence-corrected chi connectivity index (χ0v) is 11.7. The van der Waals surface area contributed by atoms with Crippen molar-refractivity contribution >= 4 is 17.3 Å². The quantitative estimate of drug-likeness (QED) is 0.851. The van der Waals surface area contributed by atoms with E-state index < -0.39 is 11.9 Å². The first-order chi connectivity index (χ1) is 9.54. The molecule has 0 fully saturated rings. The Hall–Kier alpha value is -1.78. The third-order valence-electron chi connectivity index (χ3n) is 3.12. The summed E-state index contributed by atoms with van der Waals surface area (Å²) in [5.74, 6) is -0.0122. The molecular formula is C15H15ClFNO2. The molecule has 2 aromatic carbocycles. The fourth-order valence-electron chi connectivity index (χ4n) is 2.05. The second kappa shape index (κ2) is 6.11. The van der Waals surface area contributed by atoms with Gasteiger partial charge in [-0.25, -0.2) is 4.39 Å². The summed E-state index contributed by atoms with van der Waals surface area (Å²) >= 11 is 5.88. The van der Waals surface area contributed by atoms with Gasteiger partial charge in [0.2, 0.25) is 0 Å². The van der Waals surface area contributed by atoms with Crippen LogP contribution in [0, 0.1) is 5.82 Å². The molecule has 0 saturated heterocycles. The summed E-state index contributed by atoms with van der Waals surface area (Å²) < 4.78 is 18.5. The Morgan fingerprint density at radius 1 is 1.30 bits per heavy atom. The Morgan fingerprint density at radius 3 is 2.70 bits per heavy atom. The molecule has 0 aliphatic rings. The number of aliphatic hydroxyl groups excluding tert-OH is 1. The van der Waals surface area contributed by atoms with Gasteiger partial charge in [0.15, 0.2) is 0 Å². The lowest BCUT2D eigenvalue weighted by molar-refractivity contribution is 0.179. The van der Waals surface area contributed by atoms with Crippen LogP contribution in [0.1, 0.15) is 17.2 Å². The van der Waals surface area contributed by atoms with Gasteiger partial charge in [0.05, 0.1) is 23.9 Å². The van der Waals surface area contributed by atoms with Gasteiger partial charge in [-0.15, -0.1) is 0 Å². The van der Waals surface area contributed by atoms with E-state index in [0.29, 0.717) is 22.6 Å². The molecule has 2 rings (SSSR count). The molecule has 0 heterocycles. The predicted octanol–water partition coefficient (Wildman–Crippen LogP) is 3.35. The number of benzene rings is 2. The molecule has 0 aliphatic carbocycles. The van der Waals surface area contributed by atoms with Crippen LogP contribution in [-0.4, -0.2) is 12.2 Å². The zero-order chi connectivity index (χ0) is 14.7. The Labute approximate surface area is 121 Å². The van der Waals surface area contributed by atoms with Crippen LogP contribution < -0.4 is 10.5 Å². The number of aliphatic hydroxyl groups is 1. The zero-order valence-electron chi connectivity index (χ0n) is 10.9. The highest BCUT2D eigenvalue weighted by atomic mass is 35.5. The highest BCUT2D eigenvalue weighted by Crippen LogP contribution is 2.32. The average molecular weight is 296 g/mol. The standard InChI is InChI=1S/C15H15ClFNO2/c1-20-13-7-3-5-10(15(13)18)12(19)8-9-4-2-6-11(17)14(9)16/h2-7,12,19H,8,18H2,1H3. The van der Waals surface area contributed by atoms with Crippen LogP contribution in [0.25, 0.3) is 0 Å². The third kappa shape index (κ3) is 2.86. The predicted molar refractivity (Wildman–Crippen MR) is 77.5 cm³/mol. The molecule has 106 valence electrons. The molecule has 0 bridgehead atoms. The normalized spacial score (nSPS) is 12.2. The number of para-hydroxylation sites is 1. The van der Waals surface area contributed by atoms with E-state index in [1.807, 2.05) is 0 Å². The molecule has 0 radical (unpaired) electrons. The van der Waals surface area contributed by atoms with Crippen LogP contribution in [-0.2, 0) is 6.42 Å². The van der Waals surface area contributed by atoms with Gasteiger partial charge in [0.25, 0.3) is 0 Å². The molecule has 1 atom stereocenters. The highest BCUT2D eigenvalue weighted by Gasteiger charge is 2.16. The van der Waals surface area contributed by atoms with Crippen molar-refractivity contribution in [1.82, 2.24) is 0 Å². The molecule has 3 N–H and O–H groups in total. The number of rotatable bonds is 4. The summed E-state index contributed by atoms with van der Waals surface area (Å²) in [6.45, 7) is 0. The Bertz CT molecular complexity index is 619. The van der Waals surface area contributed by atoms with Crippen LogP contribution in [0.5, 0.6) is 5.75 Å². The minimum absolute atomic E-state index is 0.0213. The highest BCUT2D eigenvalue weighted by molar-refractivity contribution is 6.31.